The van der Waals surface area contributed by atoms with Crippen LogP contribution < -0.4 is 0 Å². The minimum Gasteiger partial charge on any atom is -0.371 e. The summed E-state index contributed by atoms with van der Waals surface area (Å²) in [7, 11) is 0. The zero-order valence-corrected chi connectivity index (χ0v) is 13.2. The molecule has 0 saturated heterocycles. The maximum Gasteiger partial charge on any atom is 0.0806 e. The van der Waals surface area contributed by atoms with Gasteiger partial charge in [0.25, 0.3) is 0 Å². The normalized spacial score (nSPS) is 13.9. The summed E-state index contributed by atoms with van der Waals surface area (Å²) in [5, 5.41) is 2.55. The zero-order valence-electron chi connectivity index (χ0n) is 13.2. The number of ether oxygens (including phenoxy) is 1. The predicted molar refractivity (Wildman–Crippen MR) is 93.1 cm³/mol. The first-order valence-electron chi connectivity index (χ1n) is 7.91. The van der Waals surface area contributed by atoms with E-state index >= 15 is 0 Å². The molecular formula is C21H22O. The fourth-order valence-electron chi connectivity index (χ4n) is 3.02. The Morgan fingerprint density at radius 2 is 1.45 bits per heavy atom. The van der Waals surface area contributed by atoms with Crippen LogP contribution >= 0.6 is 0 Å². The van der Waals surface area contributed by atoms with Crippen LogP contribution in [0.5, 0.6) is 0 Å². The average molecular weight is 290 g/mol. The van der Waals surface area contributed by atoms with Crippen molar-refractivity contribution in [3.05, 3.63) is 83.9 Å². The highest BCUT2D eigenvalue weighted by molar-refractivity contribution is 5.85. The maximum atomic E-state index is 6.25. The molecule has 0 aromatic heterocycles. The Hall–Kier alpha value is -2.12. The molecule has 0 bridgehead atoms. The second kappa shape index (κ2) is 6.76. The molecule has 112 valence electrons. The Morgan fingerprint density at radius 3 is 2.27 bits per heavy atom. The fraction of sp³-hybridized carbons (Fsp3) is 0.238. The summed E-state index contributed by atoms with van der Waals surface area (Å²) in [6.45, 7) is 4.29. The lowest BCUT2D eigenvalue weighted by Gasteiger charge is -2.21. The topological polar surface area (TPSA) is 9.23 Å². The first-order chi connectivity index (χ1) is 10.7. The van der Waals surface area contributed by atoms with Crippen molar-refractivity contribution in [1.82, 2.24) is 0 Å². The van der Waals surface area contributed by atoms with Crippen LogP contribution in [0.15, 0.2) is 72.8 Å². The van der Waals surface area contributed by atoms with Gasteiger partial charge in [-0.3, -0.25) is 0 Å². The molecule has 0 radical (unpaired) electrons. The SMILES string of the molecule is CC(Cc1ccccc1)OC(C)c1cccc2ccccc12. The van der Waals surface area contributed by atoms with E-state index in [-0.39, 0.29) is 12.2 Å². The highest BCUT2D eigenvalue weighted by Crippen LogP contribution is 2.27. The molecule has 0 N–H and O–H groups in total. The summed E-state index contributed by atoms with van der Waals surface area (Å²) in [6.07, 6.45) is 1.22. The molecule has 22 heavy (non-hydrogen) atoms. The van der Waals surface area contributed by atoms with Crippen LogP contribution in [0.2, 0.25) is 0 Å². The largest absolute Gasteiger partial charge is 0.371 e. The highest BCUT2D eigenvalue weighted by atomic mass is 16.5. The van der Waals surface area contributed by atoms with Gasteiger partial charge in [0, 0.05) is 0 Å². The zero-order chi connectivity index (χ0) is 15.4. The molecule has 2 atom stereocenters. The summed E-state index contributed by atoms with van der Waals surface area (Å²) in [6, 6.07) is 25.4. The van der Waals surface area contributed by atoms with Crippen LogP contribution in [0, 0.1) is 0 Å². The van der Waals surface area contributed by atoms with E-state index in [4.69, 9.17) is 4.74 Å². The lowest BCUT2D eigenvalue weighted by Crippen LogP contribution is -2.14. The summed E-state index contributed by atoms with van der Waals surface area (Å²) in [5.41, 5.74) is 2.58. The van der Waals surface area contributed by atoms with Gasteiger partial charge in [-0.2, -0.15) is 0 Å². The van der Waals surface area contributed by atoms with Crippen molar-refractivity contribution in [2.45, 2.75) is 32.5 Å². The van der Waals surface area contributed by atoms with E-state index in [1.807, 2.05) is 6.07 Å². The van der Waals surface area contributed by atoms with Crippen LogP contribution in [-0.4, -0.2) is 6.10 Å². The van der Waals surface area contributed by atoms with Gasteiger partial charge in [0.05, 0.1) is 12.2 Å². The molecule has 1 nitrogen and oxygen atoms in total. The molecule has 1 heteroatoms. The van der Waals surface area contributed by atoms with Crippen molar-refractivity contribution in [3.8, 4) is 0 Å². The fourth-order valence-corrected chi connectivity index (χ4v) is 3.02. The van der Waals surface area contributed by atoms with Gasteiger partial charge in [0.1, 0.15) is 0 Å². The van der Waals surface area contributed by atoms with Gasteiger partial charge >= 0.3 is 0 Å². The Morgan fingerprint density at radius 1 is 0.773 bits per heavy atom. The quantitative estimate of drug-likeness (QED) is 0.598. The van der Waals surface area contributed by atoms with E-state index < -0.39 is 0 Å². The molecule has 0 fully saturated rings. The smallest absolute Gasteiger partial charge is 0.0806 e. The second-order valence-electron chi connectivity index (χ2n) is 5.85. The first-order valence-corrected chi connectivity index (χ1v) is 7.91. The standard InChI is InChI=1S/C21H22O/c1-16(15-18-9-4-3-5-10-18)22-17(2)20-14-8-12-19-11-6-7-13-21(19)20/h3-14,16-17H,15H2,1-2H3. The number of rotatable bonds is 5. The molecule has 3 aromatic carbocycles. The third-order valence-corrected chi connectivity index (χ3v) is 4.06. The molecule has 3 rings (SSSR count). The average Bonchev–Trinajstić information content (AvgIpc) is 2.55. The molecular weight excluding hydrogens is 268 g/mol. The Kier molecular flexibility index (Phi) is 4.55. The monoisotopic (exact) mass is 290 g/mol. The van der Waals surface area contributed by atoms with Crippen molar-refractivity contribution in [3.63, 3.8) is 0 Å². The van der Waals surface area contributed by atoms with Crippen molar-refractivity contribution < 1.29 is 4.74 Å². The minimum atomic E-state index is 0.0878. The predicted octanol–water partition coefficient (Wildman–Crippen LogP) is 5.55. The summed E-state index contributed by atoms with van der Waals surface area (Å²) < 4.78 is 6.25. The van der Waals surface area contributed by atoms with Gasteiger partial charge in [-0.1, -0.05) is 72.8 Å². The van der Waals surface area contributed by atoms with Crippen LogP contribution in [0.1, 0.15) is 31.1 Å². The number of benzene rings is 3. The summed E-state index contributed by atoms with van der Waals surface area (Å²) in [4.78, 5) is 0. The van der Waals surface area contributed by atoms with Gasteiger partial charge in [-0.25, -0.2) is 0 Å². The minimum absolute atomic E-state index is 0.0878. The highest BCUT2D eigenvalue weighted by Gasteiger charge is 2.13. The second-order valence-corrected chi connectivity index (χ2v) is 5.85. The number of hydrogen-bond donors (Lipinski definition) is 0. The first kappa shape index (κ1) is 14.8. The van der Waals surface area contributed by atoms with Crippen LogP contribution in [-0.2, 0) is 11.2 Å². The van der Waals surface area contributed by atoms with E-state index in [1.54, 1.807) is 0 Å². The summed E-state index contributed by atoms with van der Waals surface area (Å²) in [5.74, 6) is 0. The summed E-state index contributed by atoms with van der Waals surface area (Å²) >= 11 is 0. The van der Waals surface area contributed by atoms with E-state index in [0.717, 1.165) is 6.42 Å². The molecule has 3 aromatic rings. The molecule has 0 aliphatic rings. The van der Waals surface area contributed by atoms with Gasteiger partial charge in [-0.05, 0) is 42.2 Å². The van der Waals surface area contributed by atoms with Gasteiger partial charge in [0.15, 0.2) is 0 Å². The lowest BCUT2D eigenvalue weighted by atomic mass is 10.0. The third kappa shape index (κ3) is 3.37. The van der Waals surface area contributed by atoms with Crippen molar-refractivity contribution in [2.24, 2.45) is 0 Å². The molecule has 0 heterocycles. The Bertz CT molecular complexity index is 728. The van der Waals surface area contributed by atoms with Crippen molar-refractivity contribution >= 4 is 10.8 Å². The maximum absolute atomic E-state index is 6.25. The molecule has 0 saturated carbocycles. The molecule has 0 aliphatic carbocycles. The molecule has 0 amide bonds. The molecule has 2 unspecified atom stereocenters. The number of hydrogen-bond acceptors (Lipinski definition) is 1. The Balaban J connectivity index is 1.74. The van der Waals surface area contributed by atoms with E-state index in [0.29, 0.717) is 0 Å². The van der Waals surface area contributed by atoms with Gasteiger partial charge < -0.3 is 4.74 Å². The van der Waals surface area contributed by atoms with E-state index in [9.17, 15) is 0 Å². The van der Waals surface area contributed by atoms with Gasteiger partial charge in [0.2, 0.25) is 0 Å². The van der Waals surface area contributed by atoms with Crippen LogP contribution in [0.4, 0.5) is 0 Å². The van der Waals surface area contributed by atoms with Crippen LogP contribution in [0.3, 0.4) is 0 Å². The van der Waals surface area contributed by atoms with Gasteiger partial charge in [-0.15, -0.1) is 0 Å². The van der Waals surface area contributed by atoms with Crippen LogP contribution in [0.25, 0.3) is 10.8 Å². The van der Waals surface area contributed by atoms with Crippen molar-refractivity contribution in [2.75, 3.05) is 0 Å². The molecule has 0 spiro atoms. The Labute approximate surface area is 132 Å². The van der Waals surface area contributed by atoms with Crippen molar-refractivity contribution in [1.29, 1.82) is 0 Å². The molecule has 0 aliphatic heterocycles. The van der Waals surface area contributed by atoms with E-state index in [1.165, 1.54) is 21.9 Å². The lowest BCUT2D eigenvalue weighted by molar-refractivity contribution is 0.00846. The third-order valence-electron chi connectivity index (χ3n) is 4.06. The number of fused-ring (bicyclic) bond motifs is 1. The van der Waals surface area contributed by atoms with E-state index in [2.05, 4.69) is 80.6 Å².